The van der Waals surface area contributed by atoms with E-state index >= 15 is 0 Å². The van der Waals surface area contributed by atoms with Gasteiger partial charge < -0.3 is 21.3 Å². The molecule has 0 aliphatic heterocycles. The second kappa shape index (κ2) is 12.3. The highest BCUT2D eigenvalue weighted by atomic mass is 127. The number of nitrogens with zero attached hydrogens (tertiary/aromatic N) is 1. The zero-order valence-electron chi connectivity index (χ0n) is 15.9. The molecule has 0 aromatic carbocycles. The standard InChI is InChI=1S/C17H33N5O2.HI/c1-5-18-16(20-12-15(24)22-17(2,3)4)19-11-14(23)21-13-9-7-6-8-10-13;/h13H,5-12H2,1-4H3,(H,21,23)(H,22,24)(H2,18,19,20);1H. The first kappa shape index (κ1) is 23.9. The first-order valence-electron chi connectivity index (χ1n) is 8.92. The summed E-state index contributed by atoms with van der Waals surface area (Å²) in [6.07, 6.45) is 5.76. The molecule has 1 fully saturated rings. The maximum atomic E-state index is 12.0. The fraction of sp³-hybridized carbons (Fsp3) is 0.824. The van der Waals surface area contributed by atoms with Crippen LogP contribution in [0.3, 0.4) is 0 Å². The molecule has 0 aromatic rings. The Balaban J connectivity index is 0.00000576. The lowest BCUT2D eigenvalue weighted by atomic mass is 9.95. The molecule has 0 bridgehead atoms. The Labute approximate surface area is 168 Å². The van der Waals surface area contributed by atoms with E-state index in [4.69, 9.17) is 0 Å². The second-order valence-electron chi connectivity index (χ2n) is 7.25. The number of guanidine groups is 1. The Kier molecular flexibility index (Phi) is 11.8. The molecule has 2 amide bonds. The number of halogens is 1. The van der Waals surface area contributed by atoms with Gasteiger partial charge in [0.15, 0.2) is 5.96 Å². The average Bonchev–Trinajstić information content (AvgIpc) is 2.49. The Morgan fingerprint density at radius 3 is 2.24 bits per heavy atom. The van der Waals surface area contributed by atoms with Crippen molar-refractivity contribution in [2.24, 2.45) is 4.99 Å². The van der Waals surface area contributed by atoms with Gasteiger partial charge in [0.1, 0.15) is 6.54 Å². The van der Waals surface area contributed by atoms with Crippen LogP contribution in [-0.4, -0.2) is 49.0 Å². The van der Waals surface area contributed by atoms with Gasteiger partial charge in [-0.15, -0.1) is 24.0 Å². The summed E-state index contributed by atoms with van der Waals surface area (Å²) in [6.45, 7) is 8.56. The Bertz CT molecular complexity index is 443. The maximum absolute atomic E-state index is 12.0. The summed E-state index contributed by atoms with van der Waals surface area (Å²) in [5.74, 6) is 0.290. The lowest BCUT2D eigenvalue weighted by Crippen LogP contribution is -2.46. The van der Waals surface area contributed by atoms with E-state index < -0.39 is 0 Å². The third-order valence-corrected chi connectivity index (χ3v) is 3.63. The van der Waals surface area contributed by atoms with Crippen molar-refractivity contribution in [3.63, 3.8) is 0 Å². The molecule has 1 saturated carbocycles. The summed E-state index contributed by atoms with van der Waals surface area (Å²) in [5, 5.41) is 11.9. The average molecular weight is 467 g/mol. The summed E-state index contributed by atoms with van der Waals surface area (Å²) in [5.41, 5.74) is -0.280. The molecular formula is C17H34IN5O2. The van der Waals surface area contributed by atoms with Crippen LogP contribution < -0.4 is 21.3 Å². The van der Waals surface area contributed by atoms with Crippen molar-refractivity contribution >= 4 is 41.8 Å². The molecule has 25 heavy (non-hydrogen) atoms. The van der Waals surface area contributed by atoms with Crippen LogP contribution in [0, 0.1) is 0 Å². The molecule has 146 valence electrons. The van der Waals surface area contributed by atoms with Crippen molar-refractivity contribution in [1.82, 2.24) is 21.3 Å². The lowest BCUT2D eigenvalue weighted by Gasteiger charge is -2.23. The molecular weight excluding hydrogens is 433 g/mol. The minimum absolute atomic E-state index is 0. The fourth-order valence-electron chi connectivity index (χ4n) is 2.64. The molecule has 0 spiro atoms. The van der Waals surface area contributed by atoms with Gasteiger partial charge in [0.2, 0.25) is 11.8 Å². The van der Waals surface area contributed by atoms with E-state index in [1.54, 1.807) is 0 Å². The molecule has 1 aliphatic rings. The van der Waals surface area contributed by atoms with Crippen molar-refractivity contribution in [2.75, 3.05) is 19.6 Å². The number of amides is 2. The van der Waals surface area contributed by atoms with Crippen LogP contribution in [0.15, 0.2) is 4.99 Å². The largest absolute Gasteiger partial charge is 0.357 e. The van der Waals surface area contributed by atoms with E-state index in [9.17, 15) is 9.59 Å². The van der Waals surface area contributed by atoms with Crippen molar-refractivity contribution in [3.8, 4) is 0 Å². The summed E-state index contributed by atoms with van der Waals surface area (Å²) in [6, 6.07) is 0.296. The van der Waals surface area contributed by atoms with E-state index in [0.717, 1.165) is 12.8 Å². The van der Waals surface area contributed by atoms with Crippen LogP contribution >= 0.6 is 24.0 Å². The summed E-state index contributed by atoms with van der Waals surface area (Å²) in [4.78, 5) is 28.0. The smallest absolute Gasteiger partial charge is 0.242 e. The highest BCUT2D eigenvalue weighted by Gasteiger charge is 2.16. The maximum Gasteiger partial charge on any atom is 0.242 e. The Morgan fingerprint density at radius 1 is 1.04 bits per heavy atom. The van der Waals surface area contributed by atoms with E-state index in [1.165, 1.54) is 19.3 Å². The predicted molar refractivity (Wildman–Crippen MR) is 112 cm³/mol. The second-order valence-corrected chi connectivity index (χ2v) is 7.25. The molecule has 0 radical (unpaired) electrons. The summed E-state index contributed by atoms with van der Waals surface area (Å²) < 4.78 is 0. The normalized spacial score (nSPS) is 15.8. The van der Waals surface area contributed by atoms with Crippen molar-refractivity contribution < 1.29 is 9.59 Å². The first-order chi connectivity index (χ1) is 11.3. The van der Waals surface area contributed by atoms with Gasteiger partial charge in [-0.1, -0.05) is 19.3 Å². The number of aliphatic imine (C=N–C) groups is 1. The van der Waals surface area contributed by atoms with Gasteiger partial charge in [-0.05, 0) is 40.5 Å². The predicted octanol–water partition coefficient (Wildman–Crippen LogP) is 1.52. The number of hydrogen-bond acceptors (Lipinski definition) is 3. The zero-order chi connectivity index (χ0) is 18.0. The molecule has 0 unspecified atom stereocenters. The van der Waals surface area contributed by atoms with Crippen molar-refractivity contribution in [1.29, 1.82) is 0 Å². The number of carbonyl (C=O) groups excluding carboxylic acids is 2. The van der Waals surface area contributed by atoms with Gasteiger partial charge in [0.05, 0.1) is 6.54 Å². The van der Waals surface area contributed by atoms with Gasteiger partial charge >= 0.3 is 0 Å². The molecule has 0 aromatic heterocycles. The molecule has 1 aliphatic carbocycles. The third-order valence-electron chi connectivity index (χ3n) is 3.63. The minimum atomic E-state index is -0.280. The van der Waals surface area contributed by atoms with Crippen LogP contribution in [0.4, 0.5) is 0 Å². The highest BCUT2D eigenvalue weighted by Crippen LogP contribution is 2.17. The van der Waals surface area contributed by atoms with E-state index in [1.807, 2.05) is 27.7 Å². The topological polar surface area (TPSA) is 94.6 Å². The number of rotatable bonds is 6. The summed E-state index contributed by atoms with van der Waals surface area (Å²) >= 11 is 0. The lowest BCUT2D eigenvalue weighted by molar-refractivity contribution is -0.121. The molecule has 4 N–H and O–H groups in total. The Morgan fingerprint density at radius 2 is 1.68 bits per heavy atom. The van der Waals surface area contributed by atoms with Gasteiger partial charge in [0.25, 0.3) is 0 Å². The number of nitrogens with one attached hydrogen (secondary N) is 4. The van der Waals surface area contributed by atoms with E-state index in [2.05, 4.69) is 26.3 Å². The van der Waals surface area contributed by atoms with Crippen LogP contribution in [0.5, 0.6) is 0 Å². The van der Waals surface area contributed by atoms with Gasteiger partial charge in [-0.3, -0.25) is 9.59 Å². The molecule has 1 rings (SSSR count). The van der Waals surface area contributed by atoms with Gasteiger partial charge in [-0.2, -0.15) is 0 Å². The monoisotopic (exact) mass is 467 g/mol. The molecule has 0 atom stereocenters. The van der Waals surface area contributed by atoms with Crippen LogP contribution in [0.2, 0.25) is 0 Å². The van der Waals surface area contributed by atoms with Crippen LogP contribution in [-0.2, 0) is 9.59 Å². The minimum Gasteiger partial charge on any atom is -0.357 e. The molecule has 0 heterocycles. The first-order valence-corrected chi connectivity index (χ1v) is 8.92. The fourth-order valence-corrected chi connectivity index (χ4v) is 2.64. The molecule has 7 nitrogen and oxygen atoms in total. The third kappa shape index (κ3) is 12.0. The summed E-state index contributed by atoms with van der Waals surface area (Å²) in [7, 11) is 0. The van der Waals surface area contributed by atoms with Crippen LogP contribution in [0.1, 0.15) is 59.8 Å². The van der Waals surface area contributed by atoms with E-state index in [-0.39, 0.29) is 54.4 Å². The van der Waals surface area contributed by atoms with E-state index in [0.29, 0.717) is 18.5 Å². The van der Waals surface area contributed by atoms with Gasteiger partial charge in [0, 0.05) is 18.1 Å². The number of hydrogen-bond donors (Lipinski definition) is 4. The number of carbonyl (C=O) groups is 2. The quantitative estimate of drug-likeness (QED) is 0.271. The Hall–Kier alpha value is -1.06. The zero-order valence-corrected chi connectivity index (χ0v) is 18.2. The molecule has 8 heteroatoms. The highest BCUT2D eigenvalue weighted by molar-refractivity contribution is 14.0. The molecule has 0 saturated heterocycles. The van der Waals surface area contributed by atoms with Gasteiger partial charge in [-0.25, -0.2) is 4.99 Å². The van der Waals surface area contributed by atoms with Crippen LogP contribution in [0.25, 0.3) is 0 Å². The van der Waals surface area contributed by atoms with Crippen molar-refractivity contribution in [2.45, 2.75) is 71.4 Å². The van der Waals surface area contributed by atoms with Crippen molar-refractivity contribution in [3.05, 3.63) is 0 Å². The SMILES string of the molecule is CCNC(=NCC(=O)NC(C)(C)C)NCC(=O)NC1CCCCC1.I.